The summed E-state index contributed by atoms with van der Waals surface area (Å²) in [7, 11) is 4.88. The summed E-state index contributed by atoms with van der Waals surface area (Å²) in [6.07, 6.45) is 3.28. The molecule has 0 spiro atoms. The van der Waals surface area contributed by atoms with Crippen molar-refractivity contribution < 1.29 is 9.59 Å². The lowest BCUT2D eigenvalue weighted by molar-refractivity contribution is -0.129. The highest BCUT2D eigenvalue weighted by Gasteiger charge is 2.21. The minimum absolute atomic E-state index is 0.0186. The summed E-state index contributed by atoms with van der Waals surface area (Å²) in [5, 5.41) is 3.51. The molecule has 1 aliphatic rings. The maximum atomic E-state index is 12.7. The van der Waals surface area contributed by atoms with Crippen LogP contribution in [0.15, 0.2) is 29.5 Å². The number of fused-ring (bicyclic) bond motifs is 2. The number of nitrogens with one attached hydrogen (secondary N) is 1. The van der Waals surface area contributed by atoms with Gasteiger partial charge in [0.05, 0.1) is 13.1 Å². The van der Waals surface area contributed by atoms with Gasteiger partial charge in [0.25, 0.3) is 5.91 Å². The Morgan fingerprint density at radius 3 is 2.83 bits per heavy atom. The first-order chi connectivity index (χ1) is 13.9. The Bertz CT molecular complexity index is 1140. The average molecular weight is 409 g/mol. The molecule has 3 aromatic rings. The van der Waals surface area contributed by atoms with Gasteiger partial charge in [-0.15, -0.1) is 0 Å². The molecule has 10 heteroatoms. The Morgan fingerprint density at radius 2 is 2.03 bits per heavy atom. The number of hydrogen-bond donors (Lipinski definition) is 1. The zero-order valence-corrected chi connectivity index (χ0v) is 17.0. The molecular formula is C19H19N7O2S. The summed E-state index contributed by atoms with van der Waals surface area (Å²) in [6.45, 7) is 0.685. The Morgan fingerprint density at radius 1 is 1.21 bits per heavy atom. The third kappa shape index (κ3) is 3.79. The number of anilines is 2. The molecule has 9 nitrogen and oxygen atoms in total. The topological polar surface area (TPSA) is 104 Å². The molecule has 2 aromatic heterocycles. The molecule has 0 saturated heterocycles. The Balaban J connectivity index is 1.59. The first kappa shape index (κ1) is 18.9. The zero-order valence-electron chi connectivity index (χ0n) is 16.2. The molecule has 4 rings (SSSR count). The Hall–Kier alpha value is -3.40. The molecule has 3 heterocycles. The van der Waals surface area contributed by atoms with Crippen LogP contribution in [0.3, 0.4) is 0 Å². The van der Waals surface area contributed by atoms with Crippen molar-refractivity contribution in [1.82, 2.24) is 24.8 Å². The molecule has 0 aliphatic carbocycles. The minimum Gasteiger partial charge on any atom is -0.347 e. The fourth-order valence-electron chi connectivity index (χ4n) is 2.83. The van der Waals surface area contributed by atoms with Gasteiger partial charge in [-0.2, -0.15) is 0 Å². The second-order valence-electron chi connectivity index (χ2n) is 6.85. The predicted octanol–water partition coefficient (Wildman–Crippen LogP) is 1.92. The quantitative estimate of drug-likeness (QED) is 0.691. The first-order valence-corrected chi connectivity index (χ1v) is 9.71. The number of aromatic nitrogens is 3. The number of hydrogen-bond acceptors (Lipinski definition) is 8. The van der Waals surface area contributed by atoms with E-state index in [-0.39, 0.29) is 23.4 Å². The number of carbonyl (C=O) groups is 2. The number of likely N-dealkylation sites (N-methyl/N-ethyl adjacent to an activating group) is 2. The second kappa shape index (κ2) is 7.55. The summed E-state index contributed by atoms with van der Waals surface area (Å²) >= 11 is 1.17. The van der Waals surface area contributed by atoms with E-state index in [2.05, 4.69) is 25.3 Å². The zero-order chi connectivity index (χ0) is 20.5. The smallest absolute Gasteiger partial charge is 0.283 e. The van der Waals surface area contributed by atoms with Gasteiger partial charge in [-0.05, 0) is 23.3 Å². The van der Waals surface area contributed by atoms with Crippen LogP contribution in [0.4, 0.5) is 11.5 Å². The van der Waals surface area contributed by atoms with E-state index in [9.17, 15) is 9.59 Å². The molecule has 2 amide bonds. The van der Waals surface area contributed by atoms with Crippen LogP contribution in [0.25, 0.3) is 10.3 Å². The monoisotopic (exact) mass is 409 g/mol. The largest absolute Gasteiger partial charge is 0.347 e. The van der Waals surface area contributed by atoms with Gasteiger partial charge < -0.3 is 15.1 Å². The van der Waals surface area contributed by atoms with Crippen molar-refractivity contribution in [2.24, 2.45) is 4.99 Å². The highest BCUT2D eigenvalue weighted by Crippen LogP contribution is 2.28. The van der Waals surface area contributed by atoms with Crippen molar-refractivity contribution in [3.8, 4) is 0 Å². The number of nitrogens with zero attached hydrogens (tertiary/aromatic N) is 6. The molecule has 29 heavy (non-hydrogen) atoms. The molecule has 148 valence electrons. The number of thiazole rings is 1. The van der Waals surface area contributed by atoms with E-state index in [1.54, 1.807) is 21.1 Å². The van der Waals surface area contributed by atoms with Crippen molar-refractivity contribution in [3.63, 3.8) is 0 Å². The van der Waals surface area contributed by atoms with Gasteiger partial charge in [0.15, 0.2) is 10.8 Å². The minimum atomic E-state index is -0.331. The summed E-state index contributed by atoms with van der Waals surface area (Å²) in [6, 6.07) is 5.98. The van der Waals surface area contributed by atoms with E-state index >= 15 is 0 Å². The number of rotatable bonds is 5. The number of benzene rings is 1. The van der Waals surface area contributed by atoms with E-state index in [4.69, 9.17) is 0 Å². The maximum Gasteiger partial charge on any atom is 0.283 e. The van der Waals surface area contributed by atoms with Crippen molar-refractivity contribution in [2.75, 3.05) is 33.0 Å². The highest BCUT2D eigenvalue weighted by atomic mass is 32.1. The van der Waals surface area contributed by atoms with Gasteiger partial charge in [0.1, 0.15) is 16.7 Å². The van der Waals surface area contributed by atoms with E-state index in [0.717, 1.165) is 11.3 Å². The highest BCUT2D eigenvalue weighted by molar-refractivity contribution is 7.19. The van der Waals surface area contributed by atoms with Crippen LogP contribution in [0.2, 0.25) is 0 Å². The standard InChI is InChI=1S/C19H19N7O2S/c1-25(2)14(27)9-26(3)19(28)18-24-15-16(21-10-22-17(15)29-18)23-13-5-4-11-7-20-8-12(11)6-13/h4-6,8,10H,7,9H2,1-3H3,(H,21,22,23). The number of amides is 2. The van der Waals surface area contributed by atoms with Crippen LogP contribution >= 0.6 is 11.3 Å². The van der Waals surface area contributed by atoms with Crippen LogP contribution in [0.1, 0.15) is 20.9 Å². The van der Waals surface area contributed by atoms with Crippen molar-refractivity contribution >= 4 is 51.2 Å². The average Bonchev–Trinajstić information content (AvgIpc) is 3.34. The summed E-state index contributed by atoms with van der Waals surface area (Å²) in [5.74, 6) is 0.0272. The van der Waals surface area contributed by atoms with Crippen LogP contribution < -0.4 is 5.32 Å². The number of carbonyl (C=O) groups excluding carboxylic acids is 2. The molecule has 0 fully saturated rings. The van der Waals surface area contributed by atoms with Crippen LogP contribution in [-0.2, 0) is 11.3 Å². The molecule has 0 saturated carbocycles. The van der Waals surface area contributed by atoms with E-state index in [0.29, 0.717) is 22.7 Å². The van der Waals surface area contributed by atoms with Crippen LogP contribution in [0, 0.1) is 0 Å². The summed E-state index contributed by atoms with van der Waals surface area (Å²) in [4.78, 5) is 45.2. The van der Waals surface area contributed by atoms with Crippen LogP contribution in [0.5, 0.6) is 0 Å². The summed E-state index contributed by atoms with van der Waals surface area (Å²) in [5.41, 5.74) is 3.62. The number of aliphatic imine (C=N–C) groups is 1. The lowest BCUT2D eigenvalue weighted by Crippen LogP contribution is -2.37. The van der Waals surface area contributed by atoms with Gasteiger partial charge in [-0.1, -0.05) is 17.4 Å². The lowest BCUT2D eigenvalue weighted by atomic mass is 10.1. The predicted molar refractivity (Wildman–Crippen MR) is 112 cm³/mol. The Kier molecular flexibility index (Phi) is 4.93. The maximum absolute atomic E-state index is 12.7. The van der Waals surface area contributed by atoms with Gasteiger partial charge in [-0.3, -0.25) is 14.6 Å². The van der Waals surface area contributed by atoms with Crippen molar-refractivity contribution in [2.45, 2.75) is 6.54 Å². The molecule has 0 radical (unpaired) electrons. The van der Waals surface area contributed by atoms with Gasteiger partial charge in [0.2, 0.25) is 5.91 Å². The van der Waals surface area contributed by atoms with E-state index in [1.165, 1.54) is 33.0 Å². The van der Waals surface area contributed by atoms with Crippen LogP contribution in [-0.4, -0.2) is 70.5 Å². The van der Waals surface area contributed by atoms with E-state index < -0.39 is 0 Å². The second-order valence-corrected chi connectivity index (χ2v) is 7.83. The van der Waals surface area contributed by atoms with Crippen molar-refractivity contribution in [1.29, 1.82) is 0 Å². The molecular weight excluding hydrogens is 390 g/mol. The molecule has 0 unspecified atom stereocenters. The normalized spacial score (nSPS) is 12.1. The van der Waals surface area contributed by atoms with Crippen molar-refractivity contribution in [3.05, 3.63) is 40.7 Å². The SMILES string of the molecule is CN(C)C(=O)CN(C)C(=O)c1nc2c(Nc3ccc4c(c3)C=NC4)ncnc2s1. The molecule has 0 atom stereocenters. The fraction of sp³-hybridized carbons (Fsp3) is 0.263. The lowest BCUT2D eigenvalue weighted by Gasteiger charge is -2.17. The third-order valence-corrected chi connectivity index (χ3v) is 5.45. The Labute approximate surface area is 171 Å². The van der Waals surface area contributed by atoms with E-state index in [1.807, 2.05) is 24.4 Å². The molecule has 0 bridgehead atoms. The van der Waals surface area contributed by atoms with Gasteiger partial charge in [-0.25, -0.2) is 15.0 Å². The fourth-order valence-corrected chi connectivity index (χ4v) is 3.73. The molecule has 1 N–H and O–H groups in total. The molecule has 1 aliphatic heterocycles. The van der Waals surface area contributed by atoms with Gasteiger partial charge in [0, 0.05) is 33.0 Å². The summed E-state index contributed by atoms with van der Waals surface area (Å²) < 4.78 is 0. The van der Waals surface area contributed by atoms with Gasteiger partial charge >= 0.3 is 0 Å². The first-order valence-electron chi connectivity index (χ1n) is 8.89. The third-order valence-electron chi connectivity index (χ3n) is 4.50. The molecule has 1 aromatic carbocycles.